The topological polar surface area (TPSA) is 40.2 Å². The van der Waals surface area contributed by atoms with Gasteiger partial charge in [-0.3, -0.25) is 4.90 Å². The van der Waals surface area contributed by atoms with Crippen LogP contribution in [-0.4, -0.2) is 32.2 Å². The summed E-state index contributed by atoms with van der Waals surface area (Å²) in [6.45, 7) is 5.29. The molecule has 1 aliphatic heterocycles. The number of hydrogen-bond acceptors (Lipinski definition) is 5. The lowest BCUT2D eigenvalue weighted by molar-refractivity contribution is 0.214. The van der Waals surface area contributed by atoms with E-state index in [1.54, 1.807) is 14.2 Å². The van der Waals surface area contributed by atoms with Gasteiger partial charge >= 0.3 is 0 Å². The third-order valence-electron chi connectivity index (χ3n) is 7.74. The molecule has 0 aliphatic carbocycles. The molecule has 5 heteroatoms. The summed E-state index contributed by atoms with van der Waals surface area (Å²) in [5.74, 6) is 3.02. The van der Waals surface area contributed by atoms with E-state index in [0.29, 0.717) is 13.2 Å². The predicted molar refractivity (Wildman–Crippen MR) is 169 cm³/mol. The molecule has 1 heterocycles. The molecular formula is C37H41NO4. The summed E-state index contributed by atoms with van der Waals surface area (Å²) in [5, 5.41) is 0. The van der Waals surface area contributed by atoms with Crippen LogP contribution >= 0.6 is 0 Å². The van der Waals surface area contributed by atoms with E-state index < -0.39 is 0 Å². The van der Waals surface area contributed by atoms with Gasteiger partial charge in [0.2, 0.25) is 0 Å². The van der Waals surface area contributed by atoms with Gasteiger partial charge in [0.1, 0.15) is 13.2 Å². The highest BCUT2D eigenvalue weighted by molar-refractivity contribution is 5.58. The maximum atomic E-state index is 6.31. The van der Waals surface area contributed by atoms with Crippen molar-refractivity contribution in [2.75, 3.05) is 27.3 Å². The summed E-state index contributed by atoms with van der Waals surface area (Å²) in [6, 6.07) is 31.0. The van der Waals surface area contributed by atoms with Crippen molar-refractivity contribution in [1.82, 2.24) is 4.90 Å². The lowest BCUT2D eigenvalue weighted by Crippen LogP contribution is -2.35. The molecule has 0 fully saturated rings. The van der Waals surface area contributed by atoms with Gasteiger partial charge in [0, 0.05) is 6.54 Å². The zero-order chi connectivity index (χ0) is 29.1. The number of rotatable bonds is 13. The molecule has 1 unspecified atom stereocenters. The molecule has 1 atom stereocenters. The summed E-state index contributed by atoms with van der Waals surface area (Å²) < 4.78 is 23.8. The highest BCUT2D eigenvalue weighted by atomic mass is 16.5. The molecule has 0 radical (unpaired) electrons. The maximum Gasteiger partial charge on any atom is 0.162 e. The van der Waals surface area contributed by atoms with Gasteiger partial charge in [0.15, 0.2) is 23.0 Å². The first-order chi connectivity index (χ1) is 20.7. The van der Waals surface area contributed by atoms with Crippen molar-refractivity contribution in [3.05, 3.63) is 125 Å². The van der Waals surface area contributed by atoms with E-state index in [9.17, 15) is 0 Å². The zero-order valence-corrected chi connectivity index (χ0v) is 24.9. The molecule has 5 rings (SSSR count). The smallest absolute Gasteiger partial charge is 0.162 e. The second-order valence-corrected chi connectivity index (χ2v) is 10.6. The minimum Gasteiger partial charge on any atom is -0.493 e. The molecule has 4 aromatic rings. The van der Waals surface area contributed by atoms with Gasteiger partial charge in [0.05, 0.1) is 20.3 Å². The highest BCUT2D eigenvalue weighted by Crippen LogP contribution is 2.40. The van der Waals surface area contributed by atoms with Crippen LogP contribution in [-0.2, 0) is 19.6 Å². The largest absolute Gasteiger partial charge is 0.493 e. The van der Waals surface area contributed by atoms with Crippen LogP contribution in [0.2, 0.25) is 0 Å². The van der Waals surface area contributed by atoms with E-state index in [1.165, 1.54) is 11.1 Å². The van der Waals surface area contributed by atoms with E-state index in [4.69, 9.17) is 18.9 Å². The number of fused-ring (bicyclic) bond motifs is 1. The summed E-state index contributed by atoms with van der Waals surface area (Å²) in [4.78, 5) is 2.57. The van der Waals surface area contributed by atoms with Crippen molar-refractivity contribution in [3.8, 4) is 23.0 Å². The monoisotopic (exact) mass is 563 g/mol. The Morgan fingerprint density at radius 1 is 0.738 bits per heavy atom. The summed E-state index contributed by atoms with van der Waals surface area (Å²) >= 11 is 0. The quantitative estimate of drug-likeness (QED) is 0.164. The van der Waals surface area contributed by atoms with Crippen LogP contribution in [0.3, 0.4) is 0 Å². The van der Waals surface area contributed by atoms with Gasteiger partial charge in [-0.15, -0.1) is 0 Å². The number of benzene rings is 4. The van der Waals surface area contributed by atoms with Crippen molar-refractivity contribution >= 4 is 6.08 Å². The molecule has 0 bridgehead atoms. The standard InChI is InChI=1S/C37H41NO4/c1-4-5-21-38-22-20-31-24-36(40-3)37(42-27-30-14-10-7-11-15-30)25-32(31)33(38)18-16-28-17-19-34(35(23-28)39-2)41-26-29-12-8-6-9-13-29/h6-19,23-25,33H,4-5,20-22,26-27H2,1-3H3/b18-16+. The molecule has 0 saturated carbocycles. The molecule has 1 aliphatic rings. The molecule has 0 aromatic heterocycles. The highest BCUT2D eigenvalue weighted by Gasteiger charge is 2.27. The summed E-state index contributed by atoms with van der Waals surface area (Å²) in [5.41, 5.74) is 5.89. The SMILES string of the molecule is CCCCN1CCc2cc(OC)c(OCc3ccccc3)cc2C1/C=C/c1ccc(OCc2ccccc2)c(OC)c1. The van der Waals surface area contributed by atoms with Crippen molar-refractivity contribution < 1.29 is 18.9 Å². The average molecular weight is 564 g/mol. The Morgan fingerprint density at radius 3 is 2.02 bits per heavy atom. The first-order valence-corrected chi connectivity index (χ1v) is 14.8. The Balaban J connectivity index is 1.40. The third kappa shape index (κ3) is 7.34. The van der Waals surface area contributed by atoms with Gasteiger partial charge in [-0.1, -0.05) is 92.2 Å². The first-order valence-electron chi connectivity index (χ1n) is 14.8. The number of unbranched alkanes of at least 4 members (excludes halogenated alkanes) is 1. The Kier molecular flexibility index (Phi) is 10.2. The predicted octanol–water partition coefficient (Wildman–Crippen LogP) is 8.27. The van der Waals surface area contributed by atoms with E-state index in [1.807, 2.05) is 48.5 Å². The van der Waals surface area contributed by atoms with Crippen LogP contribution in [0.15, 0.2) is 97.1 Å². The van der Waals surface area contributed by atoms with Gasteiger partial charge in [0.25, 0.3) is 0 Å². The van der Waals surface area contributed by atoms with E-state index in [2.05, 4.69) is 66.4 Å². The molecule has 5 nitrogen and oxygen atoms in total. The van der Waals surface area contributed by atoms with Crippen molar-refractivity contribution in [3.63, 3.8) is 0 Å². The van der Waals surface area contributed by atoms with Gasteiger partial charge in [-0.2, -0.15) is 0 Å². The van der Waals surface area contributed by atoms with Crippen LogP contribution in [0.25, 0.3) is 6.08 Å². The number of methoxy groups -OCH3 is 2. The molecule has 218 valence electrons. The molecule has 42 heavy (non-hydrogen) atoms. The molecule has 0 saturated heterocycles. The fraction of sp³-hybridized carbons (Fsp3) is 0.297. The minimum absolute atomic E-state index is 0.130. The second-order valence-electron chi connectivity index (χ2n) is 10.6. The third-order valence-corrected chi connectivity index (χ3v) is 7.74. The van der Waals surface area contributed by atoms with E-state index >= 15 is 0 Å². The van der Waals surface area contributed by atoms with Crippen LogP contribution < -0.4 is 18.9 Å². The van der Waals surface area contributed by atoms with Gasteiger partial charge < -0.3 is 18.9 Å². The summed E-state index contributed by atoms with van der Waals surface area (Å²) in [6.07, 6.45) is 7.81. The number of hydrogen-bond donors (Lipinski definition) is 0. The van der Waals surface area contributed by atoms with E-state index in [-0.39, 0.29) is 6.04 Å². The Morgan fingerprint density at radius 2 is 1.38 bits per heavy atom. The molecule has 0 amide bonds. The van der Waals surface area contributed by atoms with Gasteiger partial charge in [-0.25, -0.2) is 0 Å². The van der Waals surface area contributed by atoms with Crippen molar-refractivity contribution in [1.29, 1.82) is 0 Å². The van der Waals surface area contributed by atoms with Crippen molar-refractivity contribution in [2.24, 2.45) is 0 Å². The molecular weight excluding hydrogens is 522 g/mol. The number of ether oxygens (including phenoxy) is 4. The normalized spacial score (nSPS) is 14.9. The number of nitrogens with zero attached hydrogens (tertiary/aromatic N) is 1. The molecule has 4 aromatic carbocycles. The fourth-order valence-corrected chi connectivity index (χ4v) is 5.40. The lowest BCUT2D eigenvalue weighted by atomic mass is 9.91. The van der Waals surface area contributed by atoms with Crippen LogP contribution in [0.1, 0.15) is 53.6 Å². The van der Waals surface area contributed by atoms with E-state index in [0.717, 1.165) is 72.0 Å². The fourth-order valence-electron chi connectivity index (χ4n) is 5.40. The zero-order valence-electron chi connectivity index (χ0n) is 24.9. The Labute approximate surface area is 250 Å². The first kappa shape index (κ1) is 29.3. The average Bonchev–Trinajstić information content (AvgIpc) is 3.05. The Hall–Kier alpha value is -4.22. The molecule has 0 N–H and O–H groups in total. The maximum absolute atomic E-state index is 6.31. The van der Waals surface area contributed by atoms with Crippen LogP contribution in [0.4, 0.5) is 0 Å². The van der Waals surface area contributed by atoms with Gasteiger partial charge in [-0.05, 0) is 71.5 Å². The second kappa shape index (κ2) is 14.6. The molecule has 0 spiro atoms. The lowest BCUT2D eigenvalue weighted by Gasteiger charge is -2.36. The van der Waals surface area contributed by atoms with Crippen molar-refractivity contribution in [2.45, 2.75) is 45.4 Å². The van der Waals surface area contributed by atoms with Crippen LogP contribution in [0, 0.1) is 0 Å². The Bertz CT molecular complexity index is 1450. The summed E-state index contributed by atoms with van der Waals surface area (Å²) in [7, 11) is 3.40. The van der Waals surface area contributed by atoms with Crippen LogP contribution in [0.5, 0.6) is 23.0 Å². The minimum atomic E-state index is 0.130.